The highest BCUT2D eigenvalue weighted by molar-refractivity contribution is 5.79. The van der Waals surface area contributed by atoms with Crippen LogP contribution in [0.25, 0.3) is 11.0 Å². The van der Waals surface area contributed by atoms with Crippen molar-refractivity contribution < 1.29 is 9.90 Å². The third-order valence-corrected chi connectivity index (χ3v) is 7.58. The lowest BCUT2D eigenvalue weighted by atomic mass is 10.0. The first kappa shape index (κ1) is 24.1. The standard InChI is InChI=1S/C29H30N6O3/c36-27-20(16-19-8-2-1-3-9-19)17-21-18-30-29(33-26(21)35(27)22-10-4-5-11-22)32-24-13-6-14-25(31-24)34-15-7-12-23(34)28(37)38/h1-3,6,8-9,13-14,17-18,22-23H,4-5,7,10-12,15-16H2,(H,37,38)(H,30,31,32,33). The van der Waals surface area contributed by atoms with E-state index in [0.29, 0.717) is 42.6 Å². The van der Waals surface area contributed by atoms with Crippen LogP contribution in [0.5, 0.6) is 0 Å². The number of aliphatic carboxylic acids is 1. The number of carbonyl (C=O) groups is 1. The molecule has 0 amide bonds. The number of fused-ring (bicyclic) bond motifs is 1. The van der Waals surface area contributed by atoms with Crippen LogP contribution in [0, 0.1) is 0 Å². The number of anilines is 3. The molecule has 1 aromatic carbocycles. The Hall–Kier alpha value is -4.27. The van der Waals surface area contributed by atoms with Crippen LogP contribution >= 0.6 is 0 Å². The largest absolute Gasteiger partial charge is 0.480 e. The molecule has 6 rings (SSSR count). The fourth-order valence-corrected chi connectivity index (χ4v) is 5.75. The van der Waals surface area contributed by atoms with E-state index >= 15 is 0 Å². The van der Waals surface area contributed by atoms with E-state index in [-0.39, 0.29) is 11.6 Å². The van der Waals surface area contributed by atoms with Crippen molar-refractivity contribution in [2.45, 2.75) is 57.0 Å². The molecule has 2 aliphatic rings. The minimum absolute atomic E-state index is 0.00627. The average molecular weight is 511 g/mol. The van der Waals surface area contributed by atoms with Crippen molar-refractivity contribution in [3.63, 3.8) is 0 Å². The van der Waals surface area contributed by atoms with Gasteiger partial charge in [-0.2, -0.15) is 4.98 Å². The highest BCUT2D eigenvalue weighted by Gasteiger charge is 2.31. The molecule has 1 unspecified atom stereocenters. The van der Waals surface area contributed by atoms with Crippen molar-refractivity contribution in [2.24, 2.45) is 0 Å². The second kappa shape index (κ2) is 10.2. The average Bonchev–Trinajstić information content (AvgIpc) is 3.63. The van der Waals surface area contributed by atoms with Gasteiger partial charge in [0.1, 0.15) is 23.3 Å². The van der Waals surface area contributed by atoms with Gasteiger partial charge in [0.25, 0.3) is 5.56 Å². The number of rotatable bonds is 7. The molecule has 1 saturated carbocycles. The molecule has 3 aromatic heterocycles. The summed E-state index contributed by atoms with van der Waals surface area (Å²) >= 11 is 0. The number of pyridine rings is 2. The summed E-state index contributed by atoms with van der Waals surface area (Å²) in [5.74, 6) is 0.639. The third kappa shape index (κ3) is 4.71. The fourth-order valence-electron chi connectivity index (χ4n) is 5.75. The lowest BCUT2D eigenvalue weighted by molar-refractivity contribution is -0.138. The van der Waals surface area contributed by atoms with E-state index in [1.807, 2.05) is 58.0 Å². The van der Waals surface area contributed by atoms with Gasteiger partial charge in [-0.1, -0.05) is 49.2 Å². The summed E-state index contributed by atoms with van der Waals surface area (Å²) < 4.78 is 1.87. The SMILES string of the molecule is O=C(O)C1CCCN1c1cccc(Nc2ncc3cc(Cc4ccccc4)c(=O)n(C4CCCC4)c3n2)n1. The molecule has 1 atom stereocenters. The molecule has 2 fully saturated rings. The van der Waals surface area contributed by atoms with E-state index in [0.717, 1.165) is 48.6 Å². The van der Waals surface area contributed by atoms with Crippen LogP contribution in [-0.4, -0.2) is 43.2 Å². The van der Waals surface area contributed by atoms with E-state index in [1.165, 1.54) is 0 Å². The molecule has 0 radical (unpaired) electrons. The van der Waals surface area contributed by atoms with Crippen LogP contribution < -0.4 is 15.8 Å². The van der Waals surface area contributed by atoms with Gasteiger partial charge in [-0.25, -0.2) is 14.8 Å². The number of nitrogens with one attached hydrogen (secondary N) is 1. The zero-order chi connectivity index (χ0) is 26.1. The molecule has 9 nitrogen and oxygen atoms in total. The topological polar surface area (TPSA) is 113 Å². The lowest BCUT2D eigenvalue weighted by Gasteiger charge is -2.23. The first-order valence-corrected chi connectivity index (χ1v) is 13.3. The van der Waals surface area contributed by atoms with Crippen LogP contribution in [0.3, 0.4) is 0 Å². The molecular weight excluding hydrogens is 480 g/mol. The fraction of sp³-hybridized carbons (Fsp3) is 0.345. The van der Waals surface area contributed by atoms with Crippen molar-refractivity contribution in [3.8, 4) is 0 Å². The van der Waals surface area contributed by atoms with E-state index in [2.05, 4.69) is 15.3 Å². The molecule has 38 heavy (non-hydrogen) atoms. The van der Waals surface area contributed by atoms with Gasteiger partial charge < -0.3 is 15.3 Å². The minimum atomic E-state index is -0.836. The first-order valence-electron chi connectivity index (χ1n) is 13.3. The number of carboxylic acid groups (broad SMARTS) is 1. The van der Waals surface area contributed by atoms with Gasteiger partial charge in [-0.3, -0.25) is 9.36 Å². The lowest BCUT2D eigenvalue weighted by Crippen LogP contribution is -2.36. The second-order valence-electron chi connectivity index (χ2n) is 10.1. The summed E-state index contributed by atoms with van der Waals surface area (Å²) in [7, 11) is 0. The monoisotopic (exact) mass is 510 g/mol. The van der Waals surface area contributed by atoms with Crippen molar-refractivity contribution in [2.75, 3.05) is 16.8 Å². The van der Waals surface area contributed by atoms with Gasteiger partial charge in [0, 0.05) is 36.2 Å². The van der Waals surface area contributed by atoms with Gasteiger partial charge in [0.15, 0.2) is 0 Å². The van der Waals surface area contributed by atoms with E-state index in [1.54, 1.807) is 12.3 Å². The summed E-state index contributed by atoms with van der Waals surface area (Å²) in [4.78, 5) is 41.2. The maximum Gasteiger partial charge on any atom is 0.326 e. The molecule has 0 spiro atoms. The molecule has 1 saturated heterocycles. The van der Waals surface area contributed by atoms with Crippen LogP contribution in [-0.2, 0) is 11.2 Å². The Morgan fingerprint density at radius 1 is 1.00 bits per heavy atom. The Morgan fingerprint density at radius 3 is 2.61 bits per heavy atom. The molecule has 1 aliphatic carbocycles. The van der Waals surface area contributed by atoms with Crippen molar-refractivity contribution in [3.05, 3.63) is 82.3 Å². The van der Waals surface area contributed by atoms with Crippen LogP contribution in [0.2, 0.25) is 0 Å². The number of aromatic nitrogens is 4. The normalized spacial score (nSPS) is 17.8. The smallest absolute Gasteiger partial charge is 0.326 e. The summed E-state index contributed by atoms with van der Waals surface area (Å²) in [5, 5.41) is 13.6. The number of nitrogens with zero attached hydrogens (tertiary/aromatic N) is 5. The van der Waals surface area contributed by atoms with Crippen molar-refractivity contribution in [1.29, 1.82) is 0 Å². The maximum absolute atomic E-state index is 13.7. The Kier molecular flexibility index (Phi) is 6.49. The van der Waals surface area contributed by atoms with Crippen LogP contribution in [0.15, 0.2) is 65.6 Å². The zero-order valence-corrected chi connectivity index (χ0v) is 21.1. The number of hydrogen-bond acceptors (Lipinski definition) is 7. The predicted molar refractivity (Wildman–Crippen MR) is 146 cm³/mol. The molecule has 4 aromatic rings. The summed E-state index contributed by atoms with van der Waals surface area (Å²) in [6.07, 6.45) is 7.86. The molecule has 4 heterocycles. The van der Waals surface area contributed by atoms with Gasteiger partial charge in [0.05, 0.1) is 0 Å². The number of benzene rings is 1. The molecule has 0 bridgehead atoms. The van der Waals surface area contributed by atoms with Gasteiger partial charge >= 0.3 is 5.97 Å². The maximum atomic E-state index is 13.7. The molecule has 2 N–H and O–H groups in total. The van der Waals surface area contributed by atoms with Crippen molar-refractivity contribution in [1.82, 2.24) is 19.5 Å². The highest BCUT2D eigenvalue weighted by Crippen LogP contribution is 2.31. The van der Waals surface area contributed by atoms with Crippen molar-refractivity contribution >= 4 is 34.6 Å². The predicted octanol–water partition coefficient (Wildman–Crippen LogP) is 4.69. The Labute approximate surface area is 220 Å². The third-order valence-electron chi connectivity index (χ3n) is 7.58. The molecule has 9 heteroatoms. The van der Waals surface area contributed by atoms with Crippen LogP contribution in [0.1, 0.15) is 55.7 Å². The summed E-state index contributed by atoms with van der Waals surface area (Å²) in [5.41, 5.74) is 2.47. The summed E-state index contributed by atoms with van der Waals surface area (Å²) in [6, 6.07) is 16.9. The van der Waals surface area contributed by atoms with Gasteiger partial charge in [-0.15, -0.1) is 0 Å². The van der Waals surface area contributed by atoms with E-state index in [9.17, 15) is 14.7 Å². The van der Waals surface area contributed by atoms with E-state index in [4.69, 9.17) is 4.98 Å². The molecular formula is C29H30N6O3. The van der Waals surface area contributed by atoms with Crippen LogP contribution in [0.4, 0.5) is 17.6 Å². The number of hydrogen-bond donors (Lipinski definition) is 2. The quantitative estimate of drug-likeness (QED) is 0.368. The molecule has 1 aliphatic heterocycles. The Morgan fingerprint density at radius 2 is 1.82 bits per heavy atom. The van der Waals surface area contributed by atoms with Gasteiger partial charge in [-0.05, 0) is 49.4 Å². The Bertz CT molecular complexity index is 1530. The second-order valence-corrected chi connectivity index (χ2v) is 10.1. The number of carboxylic acids is 1. The summed E-state index contributed by atoms with van der Waals surface area (Å²) in [6.45, 7) is 0.652. The zero-order valence-electron chi connectivity index (χ0n) is 21.1. The van der Waals surface area contributed by atoms with E-state index < -0.39 is 12.0 Å². The van der Waals surface area contributed by atoms with Gasteiger partial charge in [0.2, 0.25) is 5.95 Å². The Balaban J connectivity index is 1.35. The highest BCUT2D eigenvalue weighted by atomic mass is 16.4. The minimum Gasteiger partial charge on any atom is -0.480 e. The first-order chi connectivity index (χ1) is 18.6. The molecule has 194 valence electrons.